The van der Waals surface area contributed by atoms with Gasteiger partial charge in [0.1, 0.15) is 11.5 Å². The molecule has 1 aliphatic carbocycles. The molecule has 1 aromatic carbocycles. The second-order valence-electron chi connectivity index (χ2n) is 4.82. The molecule has 0 spiro atoms. The largest absolute Gasteiger partial charge is 0.506 e. The Bertz CT molecular complexity index is 749. The van der Waals surface area contributed by atoms with Gasteiger partial charge in [0.25, 0.3) is 0 Å². The van der Waals surface area contributed by atoms with Crippen molar-refractivity contribution in [2.45, 2.75) is 13.8 Å². The summed E-state index contributed by atoms with van der Waals surface area (Å²) in [5.74, 6) is -1.04. The lowest BCUT2D eigenvalue weighted by atomic mass is 10.1. The van der Waals surface area contributed by atoms with E-state index >= 15 is 0 Å². The Morgan fingerprint density at radius 1 is 1.17 bits per heavy atom. The van der Waals surface area contributed by atoms with Crippen LogP contribution < -0.4 is 10.3 Å². The van der Waals surface area contributed by atoms with Crippen molar-refractivity contribution in [2.75, 3.05) is 10.3 Å². The van der Waals surface area contributed by atoms with Gasteiger partial charge in [0.05, 0.1) is 17.1 Å². The van der Waals surface area contributed by atoms with Crippen LogP contribution in [0.3, 0.4) is 0 Å². The summed E-state index contributed by atoms with van der Waals surface area (Å²) in [6.45, 7) is 2.54. The van der Waals surface area contributed by atoms with Crippen LogP contribution in [0.15, 0.2) is 47.6 Å². The van der Waals surface area contributed by atoms with Gasteiger partial charge >= 0.3 is 0 Å². The quantitative estimate of drug-likeness (QED) is 0.452. The van der Waals surface area contributed by atoms with Crippen LogP contribution in [0.25, 0.3) is 0 Å². The number of carbonyl (C=O) groups is 2. The number of allylic oxidation sites excluding steroid dienone is 4. The number of rotatable bonds is 3. The maximum Gasteiger partial charge on any atom is 0.230 e. The number of amides is 2. The molecular weight excluding hydrogens is 296 g/mol. The van der Waals surface area contributed by atoms with E-state index in [1.54, 1.807) is 24.3 Å². The summed E-state index contributed by atoms with van der Waals surface area (Å²) in [4.78, 5) is 24.0. The summed E-state index contributed by atoms with van der Waals surface area (Å²) in [6, 6.07) is 4.32. The molecule has 7 nitrogen and oxygen atoms in total. The van der Waals surface area contributed by atoms with E-state index in [1.165, 1.54) is 32.0 Å². The van der Waals surface area contributed by atoms with Crippen LogP contribution >= 0.6 is 0 Å². The van der Waals surface area contributed by atoms with Crippen molar-refractivity contribution in [3.05, 3.63) is 42.5 Å². The number of hydrazone groups is 1. The van der Waals surface area contributed by atoms with Crippen molar-refractivity contribution in [3.8, 4) is 5.75 Å². The first-order valence-corrected chi connectivity index (χ1v) is 6.82. The molecule has 0 saturated heterocycles. The van der Waals surface area contributed by atoms with E-state index in [0.717, 1.165) is 4.90 Å². The van der Waals surface area contributed by atoms with Gasteiger partial charge in [0.2, 0.25) is 11.8 Å². The molecule has 2 amide bonds. The van der Waals surface area contributed by atoms with Gasteiger partial charge in [0.15, 0.2) is 0 Å². The van der Waals surface area contributed by atoms with Crippen LogP contribution in [0.2, 0.25) is 0 Å². The van der Waals surface area contributed by atoms with Crippen molar-refractivity contribution in [3.63, 3.8) is 0 Å². The van der Waals surface area contributed by atoms with E-state index in [4.69, 9.17) is 5.41 Å². The zero-order valence-electron chi connectivity index (χ0n) is 12.7. The molecule has 7 heteroatoms. The van der Waals surface area contributed by atoms with Crippen LogP contribution in [0.5, 0.6) is 5.75 Å². The fourth-order valence-electron chi connectivity index (χ4n) is 2.03. The molecule has 1 aliphatic rings. The second kappa shape index (κ2) is 6.69. The fourth-order valence-corrected chi connectivity index (χ4v) is 2.03. The first-order valence-electron chi connectivity index (χ1n) is 6.82. The molecule has 0 aromatic heterocycles. The Balaban J connectivity index is 2.23. The topological polar surface area (TPSA) is 106 Å². The first kappa shape index (κ1) is 16.2. The van der Waals surface area contributed by atoms with E-state index in [9.17, 15) is 14.7 Å². The van der Waals surface area contributed by atoms with E-state index in [1.807, 2.05) is 0 Å². The lowest BCUT2D eigenvalue weighted by Gasteiger charge is -2.18. The molecule has 0 atom stereocenters. The summed E-state index contributed by atoms with van der Waals surface area (Å²) < 4.78 is 0. The molecule has 1 aromatic rings. The predicted molar refractivity (Wildman–Crippen MR) is 89.0 cm³/mol. The third kappa shape index (κ3) is 3.70. The molecule has 0 bridgehead atoms. The first-order chi connectivity index (χ1) is 10.9. The number of carbonyl (C=O) groups excluding carboxylic acids is 2. The molecule has 0 aliphatic heterocycles. The lowest BCUT2D eigenvalue weighted by Crippen LogP contribution is -2.32. The molecule has 2 rings (SSSR count). The summed E-state index contributed by atoms with van der Waals surface area (Å²) in [5, 5.41) is 21.8. The highest BCUT2D eigenvalue weighted by atomic mass is 16.3. The second-order valence-corrected chi connectivity index (χ2v) is 4.82. The Kier molecular flexibility index (Phi) is 4.70. The summed E-state index contributed by atoms with van der Waals surface area (Å²) in [5.41, 5.74) is 3.90. The number of anilines is 2. The molecule has 118 valence electrons. The monoisotopic (exact) mass is 312 g/mol. The summed E-state index contributed by atoms with van der Waals surface area (Å²) in [7, 11) is 0. The van der Waals surface area contributed by atoms with Gasteiger partial charge in [-0.05, 0) is 24.3 Å². The number of aromatic hydroxyl groups is 1. The fraction of sp³-hybridized carbons (Fsp3) is 0.125. The molecule has 3 N–H and O–H groups in total. The van der Waals surface area contributed by atoms with Crippen molar-refractivity contribution in [1.29, 1.82) is 5.41 Å². The molecule has 0 radical (unpaired) electrons. The van der Waals surface area contributed by atoms with Crippen molar-refractivity contribution in [1.82, 2.24) is 0 Å². The zero-order valence-corrected chi connectivity index (χ0v) is 12.7. The maximum absolute atomic E-state index is 11.5. The van der Waals surface area contributed by atoms with E-state index in [-0.39, 0.29) is 17.1 Å². The van der Waals surface area contributed by atoms with E-state index in [2.05, 4.69) is 10.5 Å². The third-order valence-electron chi connectivity index (χ3n) is 3.07. The minimum absolute atomic E-state index is 0.166. The third-order valence-corrected chi connectivity index (χ3v) is 3.07. The van der Waals surface area contributed by atoms with Crippen molar-refractivity contribution in [2.24, 2.45) is 5.10 Å². The highest BCUT2D eigenvalue weighted by Crippen LogP contribution is 2.29. The van der Waals surface area contributed by atoms with Gasteiger partial charge in [0, 0.05) is 19.9 Å². The van der Waals surface area contributed by atoms with Gasteiger partial charge in [-0.25, -0.2) is 0 Å². The number of phenols is 1. The number of nitrogens with zero attached hydrogens (tertiary/aromatic N) is 2. The van der Waals surface area contributed by atoms with E-state index in [0.29, 0.717) is 11.4 Å². The molecule has 0 fully saturated rings. The Labute approximate surface area is 133 Å². The Morgan fingerprint density at radius 3 is 2.39 bits per heavy atom. The number of hydrogen-bond acceptors (Lipinski definition) is 6. The minimum Gasteiger partial charge on any atom is -0.506 e. The van der Waals surface area contributed by atoms with E-state index < -0.39 is 11.8 Å². The van der Waals surface area contributed by atoms with Gasteiger partial charge in [-0.3, -0.25) is 25.3 Å². The number of nitrogens with one attached hydrogen (secondary N) is 2. The van der Waals surface area contributed by atoms with Crippen molar-refractivity contribution >= 4 is 34.6 Å². The van der Waals surface area contributed by atoms with Crippen molar-refractivity contribution < 1.29 is 14.7 Å². The number of imide groups is 1. The van der Waals surface area contributed by atoms with Crippen LogP contribution in [-0.2, 0) is 9.59 Å². The lowest BCUT2D eigenvalue weighted by molar-refractivity contribution is -0.124. The summed E-state index contributed by atoms with van der Waals surface area (Å²) >= 11 is 0. The standard InChI is InChI=1S/C16H16N4O3/c1-10(21)20(11(2)22)12-7-8-15(16(23)9-12)19-18-14-6-4-3-5-13(14)17/h3-9,17,19,23H,1-2H3/b17-13?,18-14-. The number of hydrogen-bond donors (Lipinski definition) is 3. The SMILES string of the molecule is CC(=O)N(C(C)=O)c1ccc(N/N=C2/C=CC=CC2=N)c(O)c1. The van der Waals surface area contributed by atoms with Crippen LogP contribution in [-0.4, -0.2) is 28.3 Å². The van der Waals surface area contributed by atoms with Crippen LogP contribution in [0.4, 0.5) is 11.4 Å². The van der Waals surface area contributed by atoms with Gasteiger partial charge in [-0.2, -0.15) is 5.10 Å². The highest BCUT2D eigenvalue weighted by molar-refractivity contribution is 6.50. The Morgan fingerprint density at radius 2 is 1.83 bits per heavy atom. The Hall–Kier alpha value is -3.22. The van der Waals surface area contributed by atoms with Crippen LogP contribution in [0, 0.1) is 5.41 Å². The average molecular weight is 312 g/mol. The van der Waals surface area contributed by atoms with Gasteiger partial charge in [-0.1, -0.05) is 12.2 Å². The summed E-state index contributed by atoms with van der Waals surface area (Å²) in [6.07, 6.45) is 6.74. The number of benzene rings is 1. The highest BCUT2D eigenvalue weighted by Gasteiger charge is 2.17. The smallest absolute Gasteiger partial charge is 0.230 e. The number of phenolic OH excluding ortho intramolecular Hbond substituents is 1. The normalized spacial score (nSPS) is 14.9. The molecule has 0 unspecified atom stereocenters. The predicted octanol–water partition coefficient (Wildman–Crippen LogP) is 2.21. The zero-order chi connectivity index (χ0) is 17.0. The molecule has 0 heterocycles. The average Bonchev–Trinajstić information content (AvgIpc) is 2.47. The minimum atomic E-state index is -0.439. The maximum atomic E-state index is 11.5. The van der Waals surface area contributed by atoms with Crippen LogP contribution in [0.1, 0.15) is 13.8 Å². The molecular formula is C16H16N4O3. The molecule has 23 heavy (non-hydrogen) atoms. The van der Waals surface area contributed by atoms with Gasteiger partial charge < -0.3 is 5.11 Å². The van der Waals surface area contributed by atoms with Gasteiger partial charge in [-0.15, -0.1) is 0 Å². The molecule has 0 saturated carbocycles.